The number of azide groups is 1. The summed E-state index contributed by atoms with van der Waals surface area (Å²) in [6.07, 6.45) is 3.90. The molecule has 90 valence electrons. The molecule has 2 aromatic rings. The van der Waals surface area contributed by atoms with E-state index in [1.54, 1.807) is 19.2 Å². The minimum absolute atomic E-state index is 0.588. The van der Waals surface area contributed by atoms with Crippen molar-refractivity contribution in [3.8, 4) is 16.9 Å². The lowest BCUT2D eigenvalue weighted by molar-refractivity contribution is -0.671. The zero-order valence-corrected chi connectivity index (χ0v) is 10.2. The third-order valence-electron chi connectivity index (χ3n) is 2.61. The summed E-state index contributed by atoms with van der Waals surface area (Å²) in [4.78, 5) is 2.85. The molecule has 1 heterocycles. The Labute approximate surface area is 105 Å². The fourth-order valence-corrected chi connectivity index (χ4v) is 1.76. The highest BCUT2D eigenvalue weighted by molar-refractivity contribution is 5.76. The molecule has 18 heavy (non-hydrogen) atoms. The van der Waals surface area contributed by atoms with Gasteiger partial charge in [0.1, 0.15) is 12.8 Å². The van der Waals surface area contributed by atoms with Crippen LogP contribution in [0.1, 0.15) is 0 Å². The number of rotatable bonds is 3. The van der Waals surface area contributed by atoms with Gasteiger partial charge in [0.25, 0.3) is 0 Å². The zero-order valence-electron chi connectivity index (χ0n) is 10.2. The van der Waals surface area contributed by atoms with E-state index in [9.17, 15) is 0 Å². The third-order valence-corrected chi connectivity index (χ3v) is 2.61. The van der Waals surface area contributed by atoms with E-state index in [1.165, 1.54) is 0 Å². The van der Waals surface area contributed by atoms with E-state index in [1.807, 2.05) is 42.2 Å². The van der Waals surface area contributed by atoms with Crippen LogP contribution in [0.3, 0.4) is 0 Å². The van der Waals surface area contributed by atoms with Crippen LogP contribution >= 0.6 is 0 Å². The van der Waals surface area contributed by atoms with Gasteiger partial charge in [-0.2, -0.15) is 0 Å². The fourth-order valence-electron chi connectivity index (χ4n) is 1.76. The van der Waals surface area contributed by atoms with Crippen LogP contribution < -0.4 is 9.30 Å². The third kappa shape index (κ3) is 2.42. The average Bonchev–Trinajstić information content (AvgIpc) is 2.39. The van der Waals surface area contributed by atoms with Crippen LogP contribution in [0.2, 0.25) is 0 Å². The van der Waals surface area contributed by atoms with Crippen molar-refractivity contribution >= 4 is 5.69 Å². The molecular formula is C13H13N4O+. The van der Waals surface area contributed by atoms with Crippen LogP contribution in [-0.2, 0) is 7.05 Å². The number of hydrogen-bond acceptors (Lipinski definition) is 2. The first-order chi connectivity index (χ1) is 8.74. The molecule has 0 bridgehead atoms. The Hall–Kier alpha value is -2.52. The first-order valence-corrected chi connectivity index (χ1v) is 5.43. The normalized spacial score (nSPS) is 9.67. The number of aryl methyl sites for hydroxylation is 1. The first kappa shape index (κ1) is 12.0. The highest BCUT2D eigenvalue weighted by atomic mass is 16.5. The summed E-state index contributed by atoms with van der Waals surface area (Å²) in [5, 5.41) is 3.70. The highest BCUT2D eigenvalue weighted by Crippen LogP contribution is 2.33. The van der Waals surface area contributed by atoms with Gasteiger partial charge in [-0.25, -0.2) is 4.57 Å². The number of hydrogen-bond donors (Lipinski definition) is 0. The Morgan fingerprint density at radius 1 is 1.33 bits per heavy atom. The van der Waals surface area contributed by atoms with Crippen LogP contribution in [-0.4, -0.2) is 7.11 Å². The number of aromatic nitrogens is 1. The van der Waals surface area contributed by atoms with Crippen molar-refractivity contribution in [2.24, 2.45) is 12.2 Å². The molecule has 0 N–H and O–H groups in total. The van der Waals surface area contributed by atoms with Crippen LogP contribution in [0, 0.1) is 0 Å². The Balaban J connectivity index is 2.63. The van der Waals surface area contributed by atoms with E-state index in [0.29, 0.717) is 5.69 Å². The molecule has 0 amide bonds. The van der Waals surface area contributed by atoms with Crippen molar-refractivity contribution in [1.29, 1.82) is 0 Å². The summed E-state index contributed by atoms with van der Waals surface area (Å²) in [5.41, 5.74) is 11.0. The van der Waals surface area contributed by atoms with Gasteiger partial charge >= 0.3 is 0 Å². The van der Waals surface area contributed by atoms with Gasteiger partial charge in [0.2, 0.25) is 0 Å². The number of benzene rings is 1. The molecule has 0 fully saturated rings. The molecule has 0 radical (unpaired) electrons. The molecule has 0 aliphatic rings. The Kier molecular flexibility index (Phi) is 3.46. The molecule has 2 rings (SSSR count). The van der Waals surface area contributed by atoms with E-state index in [0.717, 1.165) is 16.9 Å². The summed E-state index contributed by atoms with van der Waals surface area (Å²) in [7, 11) is 3.55. The fraction of sp³-hybridized carbons (Fsp3) is 0.154. The minimum atomic E-state index is 0.588. The summed E-state index contributed by atoms with van der Waals surface area (Å²) in [5.74, 6) is 0.730. The van der Waals surface area contributed by atoms with Gasteiger partial charge in [-0.1, -0.05) is 5.11 Å². The minimum Gasteiger partial charge on any atom is -0.497 e. The van der Waals surface area contributed by atoms with E-state index in [4.69, 9.17) is 10.3 Å². The molecule has 0 saturated carbocycles. The molecule has 0 spiro atoms. The van der Waals surface area contributed by atoms with Gasteiger partial charge < -0.3 is 4.74 Å². The van der Waals surface area contributed by atoms with E-state index >= 15 is 0 Å². The maximum atomic E-state index is 8.59. The Morgan fingerprint density at radius 2 is 2.17 bits per heavy atom. The van der Waals surface area contributed by atoms with Crippen LogP contribution in [0.4, 0.5) is 5.69 Å². The van der Waals surface area contributed by atoms with Crippen molar-refractivity contribution in [3.63, 3.8) is 0 Å². The highest BCUT2D eigenvalue weighted by Gasteiger charge is 2.08. The topological polar surface area (TPSA) is 61.9 Å². The molecule has 0 unspecified atom stereocenters. The van der Waals surface area contributed by atoms with Crippen molar-refractivity contribution in [3.05, 3.63) is 53.2 Å². The number of methoxy groups -OCH3 is 1. The predicted molar refractivity (Wildman–Crippen MR) is 68.4 cm³/mol. The van der Waals surface area contributed by atoms with Gasteiger partial charge in [0, 0.05) is 27.8 Å². The molecule has 0 saturated heterocycles. The van der Waals surface area contributed by atoms with E-state index < -0.39 is 0 Å². The molecule has 0 atom stereocenters. The molecule has 5 nitrogen and oxygen atoms in total. The molecule has 1 aromatic heterocycles. The lowest BCUT2D eigenvalue weighted by Crippen LogP contribution is -2.26. The van der Waals surface area contributed by atoms with Gasteiger partial charge in [0.05, 0.1) is 7.11 Å². The zero-order chi connectivity index (χ0) is 13.0. The van der Waals surface area contributed by atoms with Crippen LogP contribution in [0.25, 0.3) is 21.6 Å². The number of nitrogens with zero attached hydrogens (tertiary/aromatic N) is 4. The Morgan fingerprint density at radius 3 is 2.83 bits per heavy atom. The second-order valence-electron chi connectivity index (χ2n) is 3.83. The van der Waals surface area contributed by atoms with E-state index in [-0.39, 0.29) is 0 Å². The lowest BCUT2D eigenvalue weighted by Gasteiger charge is -2.07. The summed E-state index contributed by atoms with van der Waals surface area (Å²) in [6.45, 7) is 0. The molecule has 0 aliphatic heterocycles. The van der Waals surface area contributed by atoms with Crippen molar-refractivity contribution < 1.29 is 9.30 Å². The smallest absolute Gasteiger partial charge is 0.176 e. The molecule has 0 aliphatic carbocycles. The molecule has 1 aromatic carbocycles. The number of ether oxygens (including phenoxy) is 1. The predicted octanol–water partition coefficient (Wildman–Crippen LogP) is 3.13. The summed E-state index contributed by atoms with van der Waals surface area (Å²) >= 11 is 0. The van der Waals surface area contributed by atoms with Crippen molar-refractivity contribution in [2.45, 2.75) is 0 Å². The first-order valence-electron chi connectivity index (χ1n) is 5.43. The quantitative estimate of drug-likeness (QED) is 0.352. The maximum Gasteiger partial charge on any atom is 0.176 e. The van der Waals surface area contributed by atoms with Crippen LogP contribution in [0.5, 0.6) is 5.75 Å². The number of pyridine rings is 1. The van der Waals surface area contributed by atoms with Gasteiger partial charge in [0.15, 0.2) is 12.4 Å². The van der Waals surface area contributed by atoms with Crippen molar-refractivity contribution in [2.75, 3.05) is 7.11 Å². The maximum absolute atomic E-state index is 8.59. The SMILES string of the molecule is COc1ccc(N=[N+]=[N-])c(-c2ccc[n+](C)c2)c1. The van der Waals surface area contributed by atoms with Gasteiger partial charge in [-0.15, -0.1) is 0 Å². The van der Waals surface area contributed by atoms with E-state index in [2.05, 4.69) is 10.0 Å². The second-order valence-corrected chi connectivity index (χ2v) is 3.83. The summed E-state index contributed by atoms with van der Waals surface area (Å²) < 4.78 is 7.14. The van der Waals surface area contributed by atoms with Crippen molar-refractivity contribution in [1.82, 2.24) is 0 Å². The van der Waals surface area contributed by atoms with Crippen LogP contribution in [0.15, 0.2) is 47.8 Å². The largest absolute Gasteiger partial charge is 0.497 e. The average molecular weight is 241 g/mol. The standard InChI is InChI=1S/C13H13N4O/c1-17-7-3-4-10(9-17)12-8-11(18-2)5-6-13(12)15-16-14/h3-9H,1-2H3/q+1. The molecule has 5 heteroatoms. The Bertz CT molecular complexity index is 618. The summed E-state index contributed by atoms with van der Waals surface area (Å²) in [6, 6.07) is 9.29. The van der Waals surface area contributed by atoms with Gasteiger partial charge in [-0.05, 0) is 29.8 Å². The molecular weight excluding hydrogens is 228 g/mol. The van der Waals surface area contributed by atoms with Gasteiger partial charge in [-0.3, -0.25) is 0 Å². The second kappa shape index (κ2) is 5.21. The lowest BCUT2D eigenvalue weighted by atomic mass is 10.1. The monoisotopic (exact) mass is 241 g/mol.